The van der Waals surface area contributed by atoms with Gasteiger partial charge in [-0.3, -0.25) is 9.15 Å². The summed E-state index contributed by atoms with van der Waals surface area (Å²) in [6, 6.07) is 15.5. The predicted molar refractivity (Wildman–Crippen MR) is 138 cm³/mol. The van der Waals surface area contributed by atoms with Crippen molar-refractivity contribution in [3.8, 4) is 11.5 Å². The second-order valence-corrected chi connectivity index (χ2v) is 11.5. The van der Waals surface area contributed by atoms with Gasteiger partial charge in [0.1, 0.15) is 11.5 Å². The van der Waals surface area contributed by atoms with Gasteiger partial charge in [0.25, 0.3) is 0 Å². The Morgan fingerprint density at radius 2 is 1.39 bits per heavy atom. The van der Waals surface area contributed by atoms with Gasteiger partial charge in [0.15, 0.2) is 0 Å². The van der Waals surface area contributed by atoms with E-state index in [2.05, 4.69) is 6.58 Å². The van der Waals surface area contributed by atoms with Crippen LogP contribution in [0.15, 0.2) is 60.8 Å². The minimum atomic E-state index is -1.36. The summed E-state index contributed by atoms with van der Waals surface area (Å²) in [5, 5.41) is 2.13. The largest absolute Gasteiger partial charge is 0.497 e. The number of hydrogen-bond acceptors (Lipinski definition) is 6. The summed E-state index contributed by atoms with van der Waals surface area (Å²) >= 11 is 0. The van der Waals surface area contributed by atoms with Gasteiger partial charge in [-0.05, 0) is 76.2 Å². The van der Waals surface area contributed by atoms with Crippen molar-refractivity contribution < 1.29 is 28.4 Å². The zero-order valence-electron chi connectivity index (χ0n) is 20.4. The van der Waals surface area contributed by atoms with Crippen LogP contribution in [0, 0.1) is 0 Å². The molecule has 2 rings (SSSR count). The number of benzene rings is 2. The van der Waals surface area contributed by atoms with Crippen LogP contribution in [-0.2, 0) is 18.9 Å². The van der Waals surface area contributed by atoms with Gasteiger partial charge < -0.3 is 9.47 Å². The molecular formula is C25H39O6Si2. The first-order valence-corrected chi connectivity index (χ1v) is 12.6. The lowest BCUT2D eigenvalue weighted by Gasteiger charge is -2.21. The van der Waals surface area contributed by atoms with Crippen LogP contribution >= 0.6 is 0 Å². The predicted octanol–water partition coefficient (Wildman–Crippen LogP) is 4.69. The normalized spacial score (nSPS) is 11.2. The van der Waals surface area contributed by atoms with Crippen molar-refractivity contribution in [1.29, 1.82) is 0 Å². The first-order valence-electron chi connectivity index (χ1n) is 10.2. The highest BCUT2D eigenvalue weighted by molar-refractivity contribution is 6.71. The summed E-state index contributed by atoms with van der Waals surface area (Å²) in [4.78, 5) is 10.5. The molecule has 0 unspecified atom stereocenters. The van der Waals surface area contributed by atoms with E-state index in [0.717, 1.165) is 21.9 Å². The SMILES string of the molecule is C.C=C[Si](OOC(C)(C)C)c1cccc(OC)c1.COc1ccc([Si]OOC(C)(C)C)cc1. The molecule has 0 aliphatic heterocycles. The molecule has 3 radical (unpaired) electrons. The van der Waals surface area contributed by atoms with Crippen LogP contribution in [0.3, 0.4) is 0 Å². The zero-order chi connectivity index (χ0) is 24.2. The first-order chi connectivity index (χ1) is 15.0. The first kappa shape index (κ1) is 31.1. The van der Waals surface area contributed by atoms with Crippen molar-refractivity contribution in [3.63, 3.8) is 0 Å². The fourth-order valence-electron chi connectivity index (χ4n) is 2.00. The molecule has 0 saturated heterocycles. The topological polar surface area (TPSA) is 55.4 Å². The van der Waals surface area contributed by atoms with E-state index in [1.807, 2.05) is 90.1 Å². The molecule has 33 heavy (non-hydrogen) atoms. The molecule has 183 valence electrons. The van der Waals surface area contributed by atoms with Crippen molar-refractivity contribution in [2.45, 2.75) is 60.2 Å². The van der Waals surface area contributed by atoms with E-state index >= 15 is 0 Å². The molecule has 0 spiro atoms. The summed E-state index contributed by atoms with van der Waals surface area (Å²) in [5.74, 6) is 1.66. The van der Waals surface area contributed by atoms with Crippen molar-refractivity contribution in [3.05, 3.63) is 60.8 Å². The van der Waals surface area contributed by atoms with E-state index in [1.165, 1.54) is 0 Å². The Morgan fingerprint density at radius 1 is 0.818 bits per heavy atom. The Hall–Kier alpha value is -1.95. The second kappa shape index (κ2) is 15.1. The van der Waals surface area contributed by atoms with Crippen LogP contribution in [0.5, 0.6) is 11.5 Å². The third-order valence-corrected chi connectivity index (χ3v) is 5.71. The van der Waals surface area contributed by atoms with Crippen molar-refractivity contribution >= 4 is 29.2 Å². The molecule has 2 aromatic carbocycles. The zero-order valence-corrected chi connectivity index (χ0v) is 22.4. The highest BCUT2D eigenvalue weighted by Crippen LogP contribution is 2.11. The van der Waals surface area contributed by atoms with Gasteiger partial charge in [-0.25, -0.2) is 9.78 Å². The average molecular weight is 492 g/mol. The minimum absolute atomic E-state index is 0. The molecule has 0 saturated carbocycles. The van der Waals surface area contributed by atoms with Crippen LogP contribution in [-0.4, -0.2) is 44.2 Å². The van der Waals surface area contributed by atoms with Gasteiger partial charge in [0.2, 0.25) is 0 Å². The Morgan fingerprint density at radius 3 is 1.88 bits per heavy atom. The van der Waals surface area contributed by atoms with Gasteiger partial charge in [-0.2, -0.15) is 0 Å². The molecule has 0 fully saturated rings. The van der Waals surface area contributed by atoms with E-state index in [4.69, 9.17) is 28.4 Å². The van der Waals surface area contributed by atoms with Gasteiger partial charge in [0, 0.05) is 0 Å². The molecule has 0 aliphatic rings. The quantitative estimate of drug-likeness (QED) is 0.288. The Balaban J connectivity index is 0.000000607. The molecule has 0 amide bonds. The van der Waals surface area contributed by atoms with Crippen LogP contribution in [0.1, 0.15) is 49.0 Å². The van der Waals surface area contributed by atoms with Crippen LogP contribution in [0.2, 0.25) is 0 Å². The van der Waals surface area contributed by atoms with E-state index in [1.54, 1.807) is 19.9 Å². The molecule has 0 atom stereocenters. The van der Waals surface area contributed by atoms with Crippen molar-refractivity contribution in [2.75, 3.05) is 14.2 Å². The monoisotopic (exact) mass is 491 g/mol. The number of ether oxygens (including phenoxy) is 2. The molecular weight excluding hydrogens is 452 g/mol. The van der Waals surface area contributed by atoms with Crippen LogP contribution in [0.4, 0.5) is 0 Å². The highest BCUT2D eigenvalue weighted by atomic mass is 28.3. The van der Waals surface area contributed by atoms with Crippen molar-refractivity contribution in [2.24, 2.45) is 0 Å². The lowest BCUT2D eigenvalue weighted by molar-refractivity contribution is -0.278. The number of methoxy groups -OCH3 is 2. The summed E-state index contributed by atoms with van der Waals surface area (Å²) in [6.07, 6.45) is 0. The Bertz CT molecular complexity index is 798. The Kier molecular flexibility index (Phi) is 14.2. The molecule has 0 N–H and O–H groups in total. The summed E-state index contributed by atoms with van der Waals surface area (Å²) in [5.41, 5.74) is 1.21. The molecule has 0 aromatic heterocycles. The van der Waals surface area contributed by atoms with Gasteiger partial charge >= 0.3 is 18.8 Å². The molecule has 0 aliphatic carbocycles. The maximum atomic E-state index is 5.47. The molecule has 8 heteroatoms. The van der Waals surface area contributed by atoms with E-state index in [0.29, 0.717) is 0 Å². The minimum Gasteiger partial charge on any atom is -0.497 e. The molecule has 0 heterocycles. The fraction of sp³-hybridized carbons (Fsp3) is 0.440. The standard InChI is InChI=1S/C13H19O3Si.C11H16O3Si.CH4/c1-6-17(16-15-13(2,3)4)12-9-7-8-11(10-12)14-5;1-11(2,3)13-14-15-10-7-5-9(12-4)6-8-10;/h6-10H,1H2,2-5H3;5-8H,1-4H3;1H4. The molecule has 0 bridgehead atoms. The third kappa shape index (κ3) is 14.0. The fourth-order valence-corrected chi connectivity index (χ4v) is 3.97. The summed E-state index contributed by atoms with van der Waals surface area (Å²) < 4.78 is 20.9. The lowest BCUT2D eigenvalue weighted by atomic mass is 10.2. The summed E-state index contributed by atoms with van der Waals surface area (Å²) in [7, 11) is 2.13. The van der Waals surface area contributed by atoms with Crippen molar-refractivity contribution in [1.82, 2.24) is 0 Å². The average Bonchev–Trinajstić information content (AvgIpc) is 2.73. The molecule has 6 nitrogen and oxygen atoms in total. The van der Waals surface area contributed by atoms with Gasteiger partial charge in [-0.1, -0.05) is 37.4 Å². The van der Waals surface area contributed by atoms with Gasteiger partial charge in [0.05, 0.1) is 25.4 Å². The number of rotatable bonds is 9. The van der Waals surface area contributed by atoms with E-state index in [9.17, 15) is 0 Å². The maximum Gasteiger partial charge on any atom is 0.322 e. The smallest absolute Gasteiger partial charge is 0.322 e. The number of hydrogen-bond donors (Lipinski definition) is 0. The van der Waals surface area contributed by atoms with Gasteiger partial charge in [-0.15, -0.1) is 6.58 Å². The van der Waals surface area contributed by atoms with Crippen LogP contribution in [0.25, 0.3) is 0 Å². The lowest BCUT2D eigenvalue weighted by Crippen LogP contribution is -2.35. The Labute approximate surface area is 204 Å². The second-order valence-electron chi connectivity index (χ2n) is 8.69. The molecule has 2 aromatic rings. The van der Waals surface area contributed by atoms with E-state index in [-0.39, 0.29) is 28.4 Å². The van der Waals surface area contributed by atoms with E-state index < -0.39 is 9.04 Å². The summed E-state index contributed by atoms with van der Waals surface area (Å²) in [6.45, 7) is 15.5. The highest BCUT2D eigenvalue weighted by Gasteiger charge is 2.19. The maximum absolute atomic E-state index is 5.47. The third-order valence-electron chi connectivity index (χ3n) is 3.46. The van der Waals surface area contributed by atoms with Crippen LogP contribution < -0.4 is 19.8 Å².